The Morgan fingerprint density at radius 2 is 1.97 bits per heavy atom. The van der Waals surface area contributed by atoms with Gasteiger partial charge in [0.15, 0.2) is 0 Å². The fourth-order valence-electron chi connectivity index (χ4n) is 3.71. The molecule has 1 aromatic heterocycles. The summed E-state index contributed by atoms with van der Waals surface area (Å²) < 4.78 is 28.2. The molecule has 0 bridgehead atoms. The summed E-state index contributed by atoms with van der Waals surface area (Å²) in [6.45, 7) is 2.58. The molecule has 4 rings (SSSR count). The fourth-order valence-corrected chi connectivity index (χ4v) is 5.51. The lowest BCUT2D eigenvalue weighted by atomic mass is 10.1. The molecule has 150 valence electrons. The summed E-state index contributed by atoms with van der Waals surface area (Å²) in [6.07, 6.45) is 1.87. The molecule has 1 saturated heterocycles. The maximum Gasteiger partial charge on any atom is 0.261 e. The van der Waals surface area contributed by atoms with Crippen molar-refractivity contribution in [3.05, 3.63) is 82.0 Å². The SMILES string of the molecule is Cc1cccc(NS(=O)(=O)c2cccc(C(=O)N3CCCC3c3ccsc3)c2)c1. The van der Waals surface area contributed by atoms with E-state index in [2.05, 4.69) is 10.1 Å². The molecule has 1 unspecified atom stereocenters. The third-order valence-corrected chi connectivity index (χ3v) is 7.18. The number of nitrogens with zero attached hydrogens (tertiary/aromatic N) is 1. The van der Waals surface area contributed by atoms with Crippen molar-refractivity contribution in [2.75, 3.05) is 11.3 Å². The van der Waals surface area contributed by atoms with Gasteiger partial charge in [0.2, 0.25) is 0 Å². The quantitative estimate of drug-likeness (QED) is 0.635. The summed E-state index contributed by atoms with van der Waals surface area (Å²) in [4.78, 5) is 15.1. The zero-order valence-corrected chi connectivity index (χ0v) is 17.7. The van der Waals surface area contributed by atoms with Crippen molar-refractivity contribution in [2.24, 2.45) is 0 Å². The second kappa shape index (κ2) is 8.00. The number of benzene rings is 2. The van der Waals surface area contributed by atoms with Crippen LogP contribution >= 0.6 is 11.3 Å². The van der Waals surface area contributed by atoms with E-state index in [9.17, 15) is 13.2 Å². The first kappa shape index (κ1) is 19.7. The molecular weight excluding hydrogens is 404 g/mol. The largest absolute Gasteiger partial charge is 0.332 e. The number of nitrogens with one attached hydrogen (secondary N) is 1. The molecule has 1 amide bonds. The maximum atomic E-state index is 13.1. The van der Waals surface area contributed by atoms with Crippen molar-refractivity contribution >= 4 is 33.0 Å². The minimum Gasteiger partial charge on any atom is -0.332 e. The van der Waals surface area contributed by atoms with Crippen molar-refractivity contribution in [3.63, 3.8) is 0 Å². The minimum atomic E-state index is -3.79. The van der Waals surface area contributed by atoms with Gasteiger partial charge in [-0.05, 0) is 78.1 Å². The number of hydrogen-bond acceptors (Lipinski definition) is 4. The van der Waals surface area contributed by atoms with Crippen LogP contribution in [0.25, 0.3) is 0 Å². The first-order chi connectivity index (χ1) is 13.9. The molecule has 1 aliphatic rings. The van der Waals surface area contributed by atoms with Crippen LogP contribution in [0.5, 0.6) is 0 Å². The number of anilines is 1. The van der Waals surface area contributed by atoms with Crippen molar-refractivity contribution in [1.82, 2.24) is 4.90 Å². The van der Waals surface area contributed by atoms with Crippen LogP contribution in [0.1, 0.15) is 40.4 Å². The number of hydrogen-bond donors (Lipinski definition) is 1. The van der Waals surface area contributed by atoms with Crippen LogP contribution in [0.3, 0.4) is 0 Å². The number of thiophene rings is 1. The Bertz CT molecular complexity index is 1120. The van der Waals surface area contributed by atoms with E-state index in [-0.39, 0.29) is 16.8 Å². The molecule has 1 aliphatic heterocycles. The van der Waals surface area contributed by atoms with E-state index in [1.165, 1.54) is 12.1 Å². The highest BCUT2D eigenvalue weighted by molar-refractivity contribution is 7.92. The van der Waals surface area contributed by atoms with Crippen LogP contribution in [0.15, 0.2) is 70.3 Å². The Balaban J connectivity index is 1.59. The van der Waals surface area contributed by atoms with Gasteiger partial charge in [0.05, 0.1) is 10.9 Å². The number of aryl methyl sites for hydroxylation is 1. The molecule has 7 heteroatoms. The average molecular weight is 427 g/mol. The molecule has 0 radical (unpaired) electrons. The monoisotopic (exact) mass is 426 g/mol. The molecule has 5 nitrogen and oxygen atoms in total. The summed E-state index contributed by atoms with van der Waals surface area (Å²) in [5.41, 5.74) is 2.99. The summed E-state index contributed by atoms with van der Waals surface area (Å²) in [5, 5.41) is 4.09. The summed E-state index contributed by atoms with van der Waals surface area (Å²) in [5.74, 6) is -0.133. The molecule has 1 atom stereocenters. The second-order valence-corrected chi connectivity index (χ2v) is 9.68. The Kier molecular flexibility index (Phi) is 5.43. The van der Waals surface area contributed by atoms with Gasteiger partial charge in [-0.25, -0.2) is 8.42 Å². The van der Waals surface area contributed by atoms with Gasteiger partial charge in [0, 0.05) is 17.8 Å². The number of carbonyl (C=O) groups excluding carboxylic acids is 1. The van der Waals surface area contributed by atoms with Crippen LogP contribution in [0.2, 0.25) is 0 Å². The van der Waals surface area contributed by atoms with Gasteiger partial charge in [0.1, 0.15) is 0 Å². The Labute approximate surface area is 175 Å². The number of likely N-dealkylation sites (tertiary alicyclic amines) is 1. The van der Waals surface area contributed by atoms with Crippen molar-refractivity contribution in [1.29, 1.82) is 0 Å². The van der Waals surface area contributed by atoms with Crippen LogP contribution in [-0.2, 0) is 10.0 Å². The molecule has 29 heavy (non-hydrogen) atoms. The topological polar surface area (TPSA) is 66.5 Å². The van der Waals surface area contributed by atoms with E-state index < -0.39 is 10.0 Å². The molecule has 3 aromatic rings. The summed E-state index contributed by atoms with van der Waals surface area (Å²) in [7, 11) is -3.79. The number of sulfonamides is 1. The fraction of sp³-hybridized carbons (Fsp3) is 0.227. The first-order valence-electron chi connectivity index (χ1n) is 9.47. The summed E-state index contributed by atoms with van der Waals surface area (Å²) in [6, 6.07) is 15.5. The third kappa shape index (κ3) is 4.21. The summed E-state index contributed by atoms with van der Waals surface area (Å²) >= 11 is 1.62. The minimum absolute atomic E-state index is 0.0550. The van der Waals surface area contributed by atoms with Crippen molar-refractivity contribution in [3.8, 4) is 0 Å². The first-order valence-corrected chi connectivity index (χ1v) is 11.9. The molecular formula is C22H22N2O3S2. The lowest BCUT2D eigenvalue weighted by Gasteiger charge is -2.24. The van der Waals surface area contributed by atoms with Gasteiger partial charge in [-0.15, -0.1) is 0 Å². The predicted octanol–water partition coefficient (Wildman–Crippen LogP) is 4.83. The highest BCUT2D eigenvalue weighted by Gasteiger charge is 2.31. The number of rotatable bonds is 5. The van der Waals surface area contributed by atoms with E-state index in [0.717, 1.165) is 24.0 Å². The standard InChI is InChI=1S/C22H22N2O3S2/c1-16-5-2-7-19(13-16)23-29(26,27)20-8-3-6-17(14-20)22(25)24-11-4-9-21(24)18-10-12-28-15-18/h2-3,5-8,10,12-15,21,23H,4,9,11H2,1H3. The normalized spacial score (nSPS) is 16.7. The molecule has 1 fully saturated rings. The van der Waals surface area contributed by atoms with Gasteiger partial charge >= 0.3 is 0 Å². The van der Waals surface area contributed by atoms with Crippen LogP contribution in [-0.4, -0.2) is 25.8 Å². The Morgan fingerprint density at radius 3 is 2.72 bits per heavy atom. The number of amides is 1. The number of carbonyl (C=O) groups is 1. The van der Waals surface area contributed by atoms with Crippen molar-refractivity contribution < 1.29 is 13.2 Å². The van der Waals surface area contributed by atoms with E-state index in [1.54, 1.807) is 41.7 Å². The van der Waals surface area contributed by atoms with E-state index in [4.69, 9.17) is 0 Å². The van der Waals surface area contributed by atoms with Gasteiger partial charge in [-0.1, -0.05) is 18.2 Å². The van der Waals surface area contributed by atoms with Gasteiger partial charge in [-0.3, -0.25) is 9.52 Å². The lowest BCUT2D eigenvalue weighted by molar-refractivity contribution is 0.0735. The van der Waals surface area contributed by atoms with Gasteiger partial charge in [0.25, 0.3) is 15.9 Å². The maximum absolute atomic E-state index is 13.1. The van der Waals surface area contributed by atoms with Crippen LogP contribution in [0, 0.1) is 6.92 Å². The molecule has 1 N–H and O–H groups in total. The van der Waals surface area contributed by atoms with Crippen molar-refractivity contribution in [2.45, 2.75) is 30.7 Å². The van der Waals surface area contributed by atoms with Crippen LogP contribution < -0.4 is 4.72 Å². The molecule has 0 aliphatic carbocycles. The van der Waals surface area contributed by atoms with Crippen LogP contribution in [0.4, 0.5) is 5.69 Å². The highest BCUT2D eigenvalue weighted by Crippen LogP contribution is 2.34. The van der Waals surface area contributed by atoms with E-state index in [1.807, 2.05) is 29.3 Å². The predicted molar refractivity (Wildman–Crippen MR) is 116 cm³/mol. The Morgan fingerprint density at radius 1 is 1.14 bits per heavy atom. The highest BCUT2D eigenvalue weighted by atomic mass is 32.2. The lowest BCUT2D eigenvalue weighted by Crippen LogP contribution is -2.30. The van der Waals surface area contributed by atoms with Gasteiger partial charge in [-0.2, -0.15) is 11.3 Å². The second-order valence-electron chi connectivity index (χ2n) is 7.22. The molecule has 0 saturated carbocycles. The zero-order valence-electron chi connectivity index (χ0n) is 16.0. The smallest absolute Gasteiger partial charge is 0.261 e. The van der Waals surface area contributed by atoms with Gasteiger partial charge < -0.3 is 4.90 Å². The molecule has 2 heterocycles. The van der Waals surface area contributed by atoms with E-state index >= 15 is 0 Å². The third-order valence-electron chi connectivity index (χ3n) is 5.10. The molecule has 0 spiro atoms. The zero-order chi connectivity index (χ0) is 20.4. The van der Waals surface area contributed by atoms with E-state index in [0.29, 0.717) is 17.8 Å². The molecule has 2 aromatic carbocycles. The Hall–Kier alpha value is -2.64. The average Bonchev–Trinajstić information content (AvgIpc) is 3.38.